The maximum absolute atomic E-state index is 5.75. The highest BCUT2D eigenvalue weighted by Crippen LogP contribution is 2.26. The van der Waals surface area contributed by atoms with Crippen molar-refractivity contribution in [3.63, 3.8) is 0 Å². The van der Waals surface area contributed by atoms with Crippen molar-refractivity contribution in [2.75, 3.05) is 13.2 Å². The zero-order valence-corrected chi connectivity index (χ0v) is 8.98. The van der Waals surface area contributed by atoms with Crippen LogP contribution in [0.5, 0.6) is 0 Å². The van der Waals surface area contributed by atoms with Crippen molar-refractivity contribution >= 4 is 0 Å². The minimum Gasteiger partial charge on any atom is -0.347 e. The van der Waals surface area contributed by atoms with Gasteiger partial charge in [0.15, 0.2) is 5.79 Å². The average molecular weight is 207 g/mol. The maximum Gasteiger partial charge on any atom is 0.170 e. The van der Waals surface area contributed by atoms with Gasteiger partial charge in [-0.2, -0.15) is 0 Å². The fraction of sp³-hybridized carbons (Fsp3) is 0.500. The Hall–Kier alpha value is -0.900. The van der Waals surface area contributed by atoms with Gasteiger partial charge in [0.05, 0.1) is 12.7 Å². The molecule has 0 bridgehead atoms. The summed E-state index contributed by atoms with van der Waals surface area (Å²) >= 11 is 0. The Morgan fingerprint density at radius 1 is 1.40 bits per heavy atom. The zero-order valence-electron chi connectivity index (χ0n) is 8.98. The lowest BCUT2D eigenvalue weighted by molar-refractivity contribution is -0.151. The molecule has 3 heteroatoms. The van der Waals surface area contributed by atoms with Crippen molar-refractivity contribution in [1.82, 2.24) is 0 Å². The third kappa shape index (κ3) is 2.56. The van der Waals surface area contributed by atoms with Crippen molar-refractivity contribution < 1.29 is 9.47 Å². The molecule has 1 saturated heterocycles. The first-order valence-corrected chi connectivity index (χ1v) is 5.28. The van der Waals surface area contributed by atoms with E-state index in [2.05, 4.69) is 12.1 Å². The van der Waals surface area contributed by atoms with Gasteiger partial charge >= 0.3 is 0 Å². The quantitative estimate of drug-likeness (QED) is 0.813. The molecule has 2 atom stereocenters. The first-order chi connectivity index (χ1) is 7.22. The molecule has 0 amide bonds. The molecule has 0 aromatic heterocycles. The van der Waals surface area contributed by atoms with Gasteiger partial charge < -0.3 is 15.2 Å². The number of rotatable bonds is 3. The summed E-state index contributed by atoms with van der Waals surface area (Å²) in [6, 6.07) is 10.2. The lowest BCUT2D eigenvalue weighted by atomic mass is 10.1. The van der Waals surface area contributed by atoms with E-state index in [1.807, 2.05) is 25.1 Å². The molecule has 82 valence electrons. The van der Waals surface area contributed by atoms with Gasteiger partial charge in [-0.25, -0.2) is 0 Å². The van der Waals surface area contributed by atoms with Gasteiger partial charge in [-0.1, -0.05) is 30.3 Å². The molecule has 0 spiro atoms. The summed E-state index contributed by atoms with van der Waals surface area (Å²) < 4.78 is 11.4. The van der Waals surface area contributed by atoms with Crippen LogP contribution in [0.3, 0.4) is 0 Å². The highest BCUT2D eigenvalue weighted by molar-refractivity contribution is 5.16. The zero-order chi connectivity index (χ0) is 10.7. The van der Waals surface area contributed by atoms with E-state index < -0.39 is 5.79 Å². The smallest absolute Gasteiger partial charge is 0.170 e. The number of nitrogens with two attached hydrogens (primary N) is 1. The maximum atomic E-state index is 5.75. The number of ether oxygens (including phenoxy) is 2. The van der Waals surface area contributed by atoms with Crippen molar-refractivity contribution in [2.45, 2.75) is 25.2 Å². The molecule has 0 saturated carbocycles. The Labute approximate surface area is 90.2 Å². The second-order valence-corrected chi connectivity index (χ2v) is 4.08. The van der Waals surface area contributed by atoms with Crippen LogP contribution in [-0.4, -0.2) is 25.0 Å². The van der Waals surface area contributed by atoms with Gasteiger partial charge in [0.2, 0.25) is 0 Å². The predicted octanol–water partition coefficient (Wildman–Crippen LogP) is 1.32. The fourth-order valence-electron chi connectivity index (χ4n) is 1.87. The molecule has 0 aliphatic carbocycles. The minimum absolute atomic E-state index is 0.0405. The molecule has 15 heavy (non-hydrogen) atoms. The molecule has 1 aromatic rings. The van der Waals surface area contributed by atoms with Gasteiger partial charge in [-0.3, -0.25) is 0 Å². The SMILES string of the molecule is CC1(Cc2ccccc2)OCC(CN)O1. The van der Waals surface area contributed by atoms with E-state index in [-0.39, 0.29) is 6.10 Å². The van der Waals surface area contributed by atoms with Crippen LogP contribution in [0.15, 0.2) is 30.3 Å². The van der Waals surface area contributed by atoms with Crippen LogP contribution < -0.4 is 5.73 Å². The van der Waals surface area contributed by atoms with E-state index >= 15 is 0 Å². The molecular formula is C12H17NO2. The molecule has 1 heterocycles. The number of hydrogen-bond acceptors (Lipinski definition) is 3. The largest absolute Gasteiger partial charge is 0.347 e. The van der Waals surface area contributed by atoms with E-state index in [1.54, 1.807) is 0 Å². The minimum atomic E-state index is -0.509. The molecule has 1 fully saturated rings. The molecule has 2 unspecified atom stereocenters. The third-order valence-electron chi connectivity index (χ3n) is 2.62. The molecule has 0 radical (unpaired) electrons. The third-order valence-corrected chi connectivity index (χ3v) is 2.62. The van der Waals surface area contributed by atoms with E-state index in [4.69, 9.17) is 15.2 Å². The van der Waals surface area contributed by atoms with Gasteiger partial charge in [0.25, 0.3) is 0 Å². The average Bonchev–Trinajstić information content (AvgIpc) is 2.61. The highest BCUT2D eigenvalue weighted by Gasteiger charge is 2.36. The number of hydrogen-bond donors (Lipinski definition) is 1. The molecular weight excluding hydrogens is 190 g/mol. The lowest BCUT2D eigenvalue weighted by Gasteiger charge is -2.23. The standard InChI is InChI=1S/C12H17NO2/c1-12(14-9-11(8-13)15-12)7-10-5-3-2-4-6-10/h2-6,11H,7-9,13H2,1H3. The molecule has 3 nitrogen and oxygen atoms in total. The normalized spacial score (nSPS) is 30.7. The van der Waals surface area contributed by atoms with Crippen LogP contribution in [0.4, 0.5) is 0 Å². The van der Waals surface area contributed by atoms with Crippen LogP contribution >= 0.6 is 0 Å². The van der Waals surface area contributed by atoms with Crippen LogP contribution in [-0.2, 0) is 15.9 Å². The first-order valence-electron chi connectivity index (χ1n) is 5.28. The molecule has 2 N–H and O–H groups in total. The van der Waals surface area contributed by atoms with Crippen molar-refractivity contribution in [1.29, 1.82) is 0 Å². The number of benzene rings is 1. The summed E-state index contributed by atoms with van der Waals surface area (Å²) in [6.45, 7) is 3.08. The Bertz CT molecular complexity index is 315. The van der Waals surface area contributed by atoms with E-state index in [9.17, 15) is 0 Å². The van der Waals surface area contributed by atoms with Gasteiger partial charge in [0, 0.05) is 13.0 Å². The lowest BCUT2D eigenvalue weighted by Crippen LogP contribution is -2.31. The second-order valence-electron chi connectivity index (χ2n) is 4.08. The second kappa shape index (κ2) is 4.31. The van der Waals surface area contributed by atoms with Crippen molar-refractivity contribution in [2.24, 2.45) is 5.73 Å². The van der Waals surface area contributed by atoms with E-state index in [0.29, 0.717) is 13.2 Å². The Morgan fingerprint density at radius 3 is 2.73 bits per heavy atom. The van der Waals surface area contributed by atoms with Crippen LogP contribution in [0, 0.1) is 0 Å². The topological polar surface area (TPSA) is 44.5 Å². The van der Waals surface area contributed by atoms with Crippen molar-refractivity contribution in [3.8, 4) is 0 Å². The van der Waals surface area contributed by atoms with E-state index in [1.165, 1.54) is 5.56 Å². The van der Waals surface area contributed by atoms with E-state index in [0.717, 1.165) is 6.42 Å². The fourth-order valence-corrected chi connectivity index (χ4v) is 1.87. The van der Waals surface area contributed by atoms with Crippen molar-refractivity contribution in [3.05, 3.63) is 35.9 Å². The Morgan fingerprint density at radius 2 is 2.13 bits per heavy atom. The summed E-state index contributed by atoms with van der Waals surface area (Å²) in [4.78, 5) is 0. The predicted molar refractivity (Wildman–Crippen MR) is 58.4 cm³/mol. The Balaban J connectivity index is 2.00. The van der Waals surface area contributed by atoms with Crippen LogP contribution in [0.1, 0.15) is 12.5 Å². The summed E-state index contributed by atoms with van der Waals surface area (Å²) in [6.07, 6.45) is 0.809. The molecule has 2 rings (SSSR count). The molecule has 1 aliphatic rings. The highest BCUT2D eigenvalue weighted by atomic mass is 16.7. The van der Waals surface area contributed by atoms with Gasteiger partial charge in [-0.05, 0) is 12.5 Å². The van der Waals surface area contributed by atoms with Crippen LogP contribution in [0.25, 0.3) is 0 Å². The van der Waals surface area contributed by atoms with Gasteiger partial charge in [0.1, 0.15) is 0 Å². The summed E-state index contributed by atoms with van der Waals surface area (Å²) in [5.41, 5.74) is 6.76. The monoisotopic (exact) mass is 207 g/mol. The summed E-state index contributed by atoms with van der Waals surface area (Å²) in [5, 5.41) is 0. The molecule has 1 aliphatic heterocycles. The van der Waals surface area contributed by atoms with Gasteiger partial charge in [-0.15, -0.1) is 0 Å². The first kappa shape index (κ1) is 10.6. The Kier molecular flexibility index (Phi) is 3.05. The summed E-state index contributed by atoms with van der Waals surface area (Å²) in [7, 11) is 0. The molecule has 1 aromatic carbocycles. The summed E-state index contributed by atoms with van der Waals surface area (Å²) in [5.74, 6) is -0.509. The van der Waals surface area contributed by atoms with Crippen LogP contribution in [0.2, 0.25) is 0 Å².